The molecule has 2 unspecified atom stereocenters. The van der Waals surface area contributed by atoms with Gasteiger partial charge in [-0.1, -0.05) is 0 Å². The highest BCUT2D eigenvalue weighted by molar-refractivity contribution is 5.68. The van der Waals surface area contributed by atoms with Gasteiger partial charge in [-0.05, 0) is 12.8 Å². The van der Waals surface area contributed by atoms with Crippen LogP contribution in [0.4, 0.5) is 0 Å². The summed E-state index contributed by atoms with van der Waals surface area (Å²) in [5.41, 5.74) is 3.58. The first-order chi connectivity index (χ1) is 14.7. The van der Waals surface area contributed by atoms with Crippen molar-refractivity contribution in [1.82, 2.24) is 33.9 Å². The molecule has 0 aromatic carbocycles. The summed E-state index contributed by atoms with van der Waals surface area (Å²) >= 11 is 0. The molecule has 1 saturated heterocycles. The quantitative estimate of drug-likeness (QED) is 0.468. The minimum Gasteiger partial charge on any atom is -0.385 e. The summed E-state index contributed by atoms with van der Waals surface area (Å²) in [5, 5.41) is 8.98. The molecule has 0 saturated carbocycles. The third-order valence-electron chi connectivity index (χ3n) is 5.72. The first kappa shape index (κ1) is 19.0. The first-order valence-electron chi connectivity index (χ1n) is 10.2. The van der Waals surface area contributed by atoms with Crippen LogP contribution in [0.3, 0.4) is 0 Å². The zero-order valence-corrected chi connectivity index (χ0v) is 17.2. The summed E-state index contributed by atoms with van der Waals surface area (Å²) in [6, 6.07) is 2.21. The van der Waals surface area contributed by atoms with Crippen molar-refractivity contribution in [1.29, 1.82) is 0 Å². The molecule has 1 aliphatic heterocycles. The minimum absolute atomic E-state index is 0.237. The van der Waals surface area contributed by atoms with Gasteiger partial charge < -0.3 is 9.47 Å². The molecular formula is C21H25N7O2. The van der Waals surface area contributed by atoms with Gasteiger partial charge in [0.25, 0.3) is 0 Å². The number of methoxy groups -OCH3 is 1. The third kappa shape index (κ3) is 3.50. The highest BCUT2D eigenvalue weighted by Gasteiger charge is 2.28. The van der Waals surface area contributed by atoms with E-state index in [1.807, 2.05) is 42.3 Å². The fourth-order valence-electron chi connectivity index (χ4n) is 4.14. The maximum atomic E-state index is 5.63. The number of imidazole rings is 1. The summed E-state index contributed by atoms with van der Waals surface area (Å²) in [5.74, 6) is 1.25. The van der Waals surface area contributed by atoms with Gasteiger partial charge in [0.1, 0.15) is 11.5 Å². The number of nitrogens with zero attached hydrogens (tertiary/aromatic N) is 7. The van der Waals surface area contributed by atoms with Crippen molar-refractivity contribution in [2.45, 2.75) is 18.9 Å². The average Bonchev–Trinajstić information content (AvgIpc) is 3.54. The maximum absolute atomic E-state index is 5.63. The number of hydrogen-bond donors (Lipinski definition) is 0. The number of aryl methyl sites for hydroxylation is 1. The Balaban J connectivity index is 1.54. The summed E-state index contributed by atoms with van der Waals surface area (Å²) in [6.45, 7) is 2.27. The molecule has 1 fully saturated rings. The topological polar surface area (TPSA) is 84.3 Å². The Kier molecular flexibility index (Phi) is 5.06. The largest absolute Gasteiger partial charge is 0.385 e. The van der Waals surface area contributed by atoms with Crippen LogP contribution in [0.5, 0.6) is 0 Å². The molecule has 30 heavy (non-hydrogen) atoms. The lowest BCUT2D eigenvalue weighted by Crippen LogP contribution is -2.22. The lowest BCUT2D eigenvalue weighted by molar-refractivity contribution is 0.139. The molecule has 5 rings (SSSR count). The second-order valence-electron chi connectivity index (χ2n) is 7.70. The van der Waals surface area contributed by atoms with E-state index >= 15 is 0 Å². The molecule has 2 atom stereocenters. The molecule has 0 aliphatic carbocycles. The SMILES string of the molecule is COCCC(C1CCOC1)n1cc(-c2nc(-c3cnn(C)c3)cc3nccn23)cn1. The van der Waals surface area contributed by atoms with Crippen LogP contribution in [-0.4, -0.2) is 60.9 Å². The third-order valence-corrected chi connectivity index (χ3v) is 5.72. The second kappa shape index (κ2) is 8.00. The molecule has 0 bridgehead atoms. The molecule has 4 aromatic heterocycles. The van der Waals surface area contributed by atoms with Crippen LogP contribution in [0.1, 0.15) is 18.9 Å². The maximum Gasteiger partial charge on any atom is 0.149 e. The number of fused-ring (bicyclic) bond motifs is 1. The first-order valence-corrected chi connectivity index (χ1v) is 10.2. The molecular weight excluding hydrogens is 382 g/mol. The summed E-state index contributed by atoms with van der Waals surface area (Å²) < 4.78 is 16.8. The fourth-order valence-corrected chi connectivity index (χ4v) is 4.14. The predicted octanol–water partition coefficient (Wildman–Crippen LogP) is 2.61. The highest BCUT2D eigenvalue weighted by Crippen LogP contribution is 2.31. The van der Waals surface area contributed by atoms with Crippen molar-refractivity contribution < 1.29 is 9.47 Å². The Morgan fingerprint density at radius 3 is 2.90 bits per heavy atom. The Morgan fingerprint density at radius 1 is 1.23 bits per heavy atom. The number of hydrogen-bond acceptors (Lipinski definition) is 6. The second-order valence-corrected chi connectivity index (χ2v) is 7.70. The normalized spacial score (nSPS) is 17.7. The van der Waals surface area contributed by atoms with Crippen molar-refractivity contribution in [3.63, 3.8) is 0 Å². The molecule has 0 radical (unpaired) electrons. The van der Waals surface area contributed by atoms with Gasteiger partial charge in [0, 0.05) is 69.7 Å². The van der Waals surface area contributed by atoms with Crippen LogP contribution >= 0.6 is 0 Å². The van der Waals surface area contributed by atoms with Gasteiger partial charge in [0.05, 0.1) is 36.3 Å². The van der Waals surface area contributed by atoms with Gasteiger partial charge in [-0.15, -0.1) is 0 Å². The van der Waals surface area contributed by atoms with E-state index in [9.17, 15) is 0 Å². The molecule has 9 nitrogen and oxygen atoms in total. The Labute approximate surface area is 174 Å². The van der Waals surface area contributed by atoms with E-state index in [0.29, 0.717) is 12.5 Å². The zero-order valence-electron chi connectivity index (χ0n) is 17.2. The number of ether oxygens (including phenoxy) is 2. The van der Waals surface area contributed by atoms with Gasteiger partial charge in [0.2, 0.25) is 0 Å². The van der Waals surface area contributed by atoms with E-state index in [2.05, 4.69) is 21.0 Å². The Hall–Kier alpha value is -3.04. The van der Waals surface area contributed by atoms with Gasteiger partial charge in [-0.3, -0.25) is 13.8 Å². The van der Waals surface area contributed by atoms with Crippen molar-refractivity contribution >= 4 is 5.65 Å². The van der Waals surface area contributed by atoms with E-state index in [1.165, 1.54) is 0 Å². The van der Waals surface area contributed by atoms with Gasteiger partial charge in [0.15, 0.2) is 0 Å². The monoisotopic (exact) mass is 407 g/mol. The number of rotatable bonds is 7. The average molecular weight is 407 g/mol. The molecule has 0 spiro atoms. The molecule has 0 N–H and O–H groups in total. The molecule has 156 valence electrons. The lowest BCUT2D eigenvalue weighted by atomic mass is 9.96. The van der Waals surface area contributed by atoms with E-state index in [0.717, 1.165) is 54.3 Å². The highest BCUT2D eigenvalue weighted by atomic mass is 16.5. The molecule has 5 heterocycles. The summed E-state index contributed by atoms with van der Waals surface area (Å²) in [4.78, 5) is 9.40. The zero-order chi connectivity index (χ0) is 20.5. The summed E-state index contributed by atoms with van der Waals surface area (Å²) in [6.07, 6.45) is 13.4. The smallest absolute Gasteiger partial charge is 0.149 e. The van der Waals surface area contributed by atoms with E-state index in [1.54, 1.807) is 18.0 Å². The van der Waals surface area contributed by atoms with Gasteiger partial charge in [-0.25, -0.2) is 9.97 Å². The van der Waals surface area contributed by atoms with E-state index in [4.69, 9.17) is 19.6 Å². The molecule has 9 heteroatoms. The minimum atomic E-state index is 0.237. The van der Waals surface area contributed by atoms with Crippen molar-refractivity contribution in [2.75, 3.05) is 26.9 Å². The molecule has 1 aliphatic rings. The van der Waals surface area contributed by atoms with Crippen LogP contribution in [0, 0.1) is 5.92 Å². The molecule has 0 amide bonds. The van der Waals surface area contributed by atoms with Crippen LogP contribution in [0.25, 0.3) is 28.3 Å². The van der Waals surface area contributed by atoms with E-state index < -0.39 is 0 Å². The standard InChI is InChI=1S/C21H25N7O2/c1-26-12-16(10-23-26)18-9-20-22-5-6-27(20)21(25-18)17-11-24-28(13-17)19(4-7-29-2)15-3-8-30-14-15/h5-6,9-13,15,19H,3-4,7-8,14H2,1-2H3. The Morgan fingerprint density at radius 2 is 2.13 bits per heavy atom. The van der Waals surface area contributed by atoms with Crippen LogP contribution in [-0.2, 0) is 16.5 Å². The van der Waals surface area contributed by atoms with Crippen molar-refractivity contribution in [3.05, 3.63) is 43.2 Å². The van der Waals surface area contributed by atoms with Crippen molar-refractivity contribution in [3.8, 4) is 22.6 Å². The van der Waals surface area contributed by atoms with Crippen LogP contribution in [0.2, 0.25) is 0 Å². The van der Waals surface area contributed by atoms with Gasteiger partial charge >= 0.3 is 0 Å². The summed E-state index contributed by atoms with van der Waals surface area (Å²) in [7, 11) is 3.63. The predicted molar refractivity (Wildman–Crippen MR) is 111 cm³/mol. The van der Waals surface area contributed by atoms with Crippen LogP contribution in [0.15, 0.2) is 43.2 Å². The molecule has 4 aromatic rings. The fraction of sp³-hybridized carbons (Fsp3) is 0.429. The van der Waals surface area contributed by atoms with E-state index in [-0.39, 0.29) is 6.04 Å². The van der Waals surface area contributed by atoms with Crippen molar-refractivity contribution in [2.24, 2.45) is 13.0 Å². The van der Waals surface area contributed by atoms with Gasteiger partial charge in [-0.2, -0.15) is 10.2 Å². The number of aromatic nitrogens is 7. The lowest BCUT2D eigenvalue weighted by Gasteiger charge is -2.22. The Bertz CT molecular complexity index is 1140. The van der Waals surface area contributed by atoms with Crippen LogP contribution < -0.4 is 0 Å².